The predicted molar refractivity (Wildman–Crippen MR) is 101 cm³/mol. The molecule has 1 aliphatic heterocycles. The van der Waals surface area contributed by atoms with Gasteiger partial charge in [-0.3, -0.25) is 0 Å². The highest BCUT2D eigenvalue weighted by Gasteiger charge is 2.45. The molecule has 3 aromatic rings. The van der Waals surface area contributed by atoms with E-state index in [1.165, 1.54) is 12.1 Å². The lowest BCUT2D eigenvalue weighted by molar-refractivity contribution is -0.204. The van der Waals surface area contributed by atoms with Crippen molar-refractivity contribution in [2.24, 2.45) is 10.7 Å². The number of alkyl halides is 3. The number of H-pyrrole nitrogens is 1. The number of nitrogens with one attached hydrogen (secondary N) is 1. The molecule has 2 atom stereocenters. The third kappa shape index (κ3) is 4.04. The average Bonchev–Trinajstić information content (AvgIpc) is 3.14. The topological polar surface area (TPSA) is 63.4 Å². The van der Waals surface area contributed by atoms with Crippen LogP contribution in [-0.2, 0) is 4.74 Å². The summed E-state index contributed by atoms with van der Waals surface area (Å²) in [6.45, 7) is 0. The highest BCUT2D eigenvalue weighted by Crippen LogP contribution is 2.36. The molecule has 0 radical (unpaired) electrons. The molecule has 0 saturated heterocycles. The average molecular weight is 401 g/mol. The molecule has 2 unspecified atom stereocenters. The van der Waals surface area contributed by atoms with Gasteiger partial charge in [0, 0.05) is 34.8 Å². The molecule has 1 aliphatic rings. The quantitative estimate of drug-likeness (QED) is 0.469. The van der Waals surface area contributed by atoms with E-state index in [4.69, 9.17) is 5.73 Å². The summed E-state index contributed by atoms with van der Waals surface area (Å²) in [5.74, 6) is 5.22. The van der Waals surface area contributed by atoms with Crippen molar-refractivity contribution in [2.45, 2.75) is 24.7 Å². The van der Waals surface area contributed by atoms with Crippen molar-refractivity contribution in [3.63, 3.8) is 0 Å². The molecule has 4 rings (SSSR count). The van der Waals surface area contributed by atoms with Gasteiger partial charge < -0.3 is 15.5 Å². The Morgan fingerprint density at radius 3 is 2.55 bits per heavy atom. The SMILES string of the molecule is NC1=NC(c2cc(C#Cc3ccc4cc[nH]c4c3)ccc2F)CC(C(F)(F)F)O1. The number of rotatable bonds is 1. The smallest absolute Gasteiger partial charge is 0.425 e. The minimum Gasteiger partial charge on any atom is -0.452 e. The highest BCUT2D eigenvalue weighted by atomic mass is 19.4. The lowest BCUT2D eigenvalue weighted by atomic mass is 9.97. The second kappa shape index (κ2) is 7.17. The zero-order chi connectivity index (χ0) is 20.6. The van der Waals surface area contributed by atoms with Crippen molar-refractivity contribution < 1.29 is 22.3 Å². The molecule has 0 amide bonds. The molecule has 0 spiro atoms. The monoisotopic (exact) mass is 401 g/mol. The summed E-state index contributed by atoms with van der Waals surface area (Å²) in [4.78, 5) is 6.94. The first-order valence-corrected chi connectivity index (χ1v) is 8.75. The van der Waals surface area contributed by atoms with Crippen molar-refractivity contribution in [1.82, 2.24) is 4.98 Å². The van der Waals surface area contributed by atoms with Gasteiger partial charge in [-0.1, -0.05) is 17.9 Å². The summed E-state index contributed by atoms with van der Waals surface area (Å²) in [7, 11) is 0. The molecule has 4 nitrogen and oxygen atoms in total. The van der Waals surface area contributed by atoms with E-state index in [2.05, 4.69) is 26.6 Å². The summed E-state index contributed by atoms with van der Waals surface area (Å²) < 4.78 is 58.0. The van der Waals surface area contributed by atoms with Gasteiger partial charge >= 0.3 is 6.18 Å². The van der Waals surface area contributed by atoms with Crippen LogP contribution in [0, 0.1) is 17.7 Å². The molecule has 0 fully saturated rings. The number of halogens is 4. The Balaban J connectivity index is 1.64. The first-order valence-electron chi connectivity index (χ1n) is 8.75. The third-order valence-electron chi connectivity index (χ3n) is 4.61. The van der Waals surface area contributed by atoms with Crippen LogP contribution < -0.4 is 5.73 Å². The fraction of sp³-hybridized carbons (Fsp3) is 0.190. The molecule has 29 heavy (non-hydrogen) atoms. The number of amidine groups is 1. The van der Waals surface area contributed by atoms with Gasteiger partial charge in [0.15, 0.2) is 6.10 Å². The lowest BCUT2D eigenvalue weighted by Crippen LogP contribution is -2.40. The standard InChI is InChI=1S/C21H15F4N3O/c22-16-6-4-12(1-2-13-3-5-14-7-8-27-17(14)10-13)9-15(16)18-11-19(21(23,24)25)29-20(26)28-18/h3-10,18-19,27H,11H2,(H2,26,28). The van der Waals surface area contributed by atoms with Crippen LogP contribution in [0.25, 0.3) is 10.9 Å². The summed E-state index contributed by atoms with van der Waals surface area (Å²) in [5.41, 5.74) is 7.51. The molecular formula is C21H15F4N3O. The van der Waals surface area contributed by atoms with E-state index in [-0.39, 0.29) is 5.56 Å². The van der Waals surface area contributed by atoms with Crippen LogP contribution in [0.4, 0.5) is 17.6 Å². The van der Waals surface area contributed by atoms with E-state index in [1.807, 2.05) is 30.5 Å². The maximum absolute atomic E-state index is 14.3. The van der Waals surface area contributed by atoms with Crippen molar-refractivity contribution in [3.8, 4) is 11.8 Å². The maximum Gasteiger partial charge on any atom is 0.425 e. The highest BCUT2D eigenvalue weighted by molar-refractivity contribution is 5.80. The molecule has 8 heteroatoms. The number of hydrogen-bond acceptors (Lipinski definition) is 3. The van der Waals surface area contributed by atoms with Crippen LogP contribution in [-0.4, -0.2) is 23.3 Å². The number of hydrogen-bond donors (Lipinski definition) is 2. The van der Waals surface area contributed by atoms with Crippen molar-refractivity contribution in [2.75, 3.05) is 0 Å². The first-order chi connectivity index (χ1) is 13.8. The Bertz CT molecular complexity index is 1150. The molecular weight excluding hydrogens is 386 g/mol. The van der Waals surface area contributed by atoms with Gasteiger partial charge in [0.05, 0.1) is 6.04 Å². The number of fused-ring (bicyclic) bond motifs is 1. The molecule has 2 aromatic carbocycles. The van der Waals surface area contributed by atoms with E-state index >= 15 is 0 Å². The largest absolute Gasteiger partial charge is 0.452 e. The fourth-order valence-electron chi connectivity index (χ4n) is 3.18. The fourth-order valence-corrected chi connectivity index (χ4v) is 3.18. The summed E-state index contributed by atoms with van der Waals surface area (Å²) in [6, 6.07) is 9.90. The molecule has 3 N–H and O–H groups in total. The summed E-state index contributed by atoms with van der Waals surface area (Å²) in [6.07, 6.45) is -5.49. The Labute approximate surface area is 163 Å². The maximum atomic E-state index is 14.3. The second-order valence-electron chi connectivity index (χ2n) is 6.63. The number of aliphatic imine (C=N–C) groups is 1. The van der Waals surface area contributed by atoms with Crippen molar-refractivity contribution in [1.29, 1.82) is 0 Å². The van der Waals surface area contributed by atoms with E-state index in [0.29, 0.717) is 5.56 Å². The van der Waals surface area contributed by atoms with E-state index in [1.54, 1.807) is 0 Å². The van der Waals surface area contributed by atoms with E-state index in [9.17, 15) is 17.6 Å². The van der Waals surface area contributed by atoms with Crippen LogP contribution in [0.1, 0.15) is 29.2 Å². The number of nitrogens with zero attached hydrogens (tertiary/aromatic N) is 1. The number of aromatic nitrogens is 1. The zero-order valence-electron chi connectivity index (χ0n) is 14.9. The number of aromatic amines is 1. The van der Waals surface area contributed by atoms with Crippen LogP contribution in [0.2, 0.25) is 0 Å². The second-order valence-corrected chi connectivity index (χ2v) is 6.63. The van der Waals surface area contributed by atoms with Gasteiger partial charge in [-0.2, -0.15) is 13.2 Å². The van der Waals surface area contributed by atoms with Crippen LogP contribution in [0.3, 0.4) is 0 Å². The van der Waals surface area contributed by atoms with Gasteiger partial charge in [-0.25, -0.2) is 9.38 Å². The normalized spacial score (nSPS) is 19.2. The van der Waals surface area contributed by atoms with E-state index < -0.39 is 36.6 Å². The number of benzene rings is 2. The Kier molecular flexibility index (Phi) is 4.66. The first kappa shape index (κ1) is 18.9. The summed E-state index contributed by atoms with van der Waals surface area (Å²) in [5, 5.41) is 1.05. The summed E-state index contributed by atoms with van der Waals surface area (Å²) >= 11 is 0. The van der Waals surface area contributed by atoms with Crippen LogP contribution >= 0.6 is 0 Å². The molecule has 0 saturated carbocycles. The van der Waals surface area contributed by atoms with Crippen molar-refractivity contribution >= 4 is 16.9 Å². The lowest BCUT2D eigenvalue weighted by Gasteiger charge is -2.28. The Morgan fingerprint density at radius 2 is 1.79 bits per heavy atom. The molecule has 1 aromatic heterocycles. The molecule has 0 bridgehead atoms. The molecule has 148 valence electrons. The van der Waals surface area contributed by atoms with Gasteiger partial charge in [-0.05, 0) is 41.8 Å². The Morgan fingerprint density at radius 1 is 1.07 bits per heavy atom. The predicted octanol–water partition coefficient (Wildman–Crippen LogP) is 4.41. The van der Waals surface area contributed by atoms with Crippen LogP contribution in [0.15, 0.2) is 53.7 Å². The Hall–Kier alpha value is -3.47. The van der Waals surface area contributed by atoms with Gasteiger partial charge in [0.25, 0.3) is 6.02 Å². The van der Waals surface area contributed by atoms with Gasteiger partial charge in [0.1, 0.15) is 5.82 Å². The van der Waals surface area contributed by atoms with Crippen molar-refractivity contribution in [3.05, 3.63) is 71.2 Å². The third-order valence-corrected chi connectivity index (χ3v) is 4.61. The van der Waals surface area contributed by atoms with E-state index in [0.717, 1.165) is 22.5 Å². The van der Waals surface area contributed by atoms with Gasteiger partial charge in [-0.15, -0.1) is 0 Å². The van der Waals surface area contributed by atoms with Crippen LogP contribution in [0.5, 0.6) is 0 Å². The number of nitrogens with two attached hydrogens (primary N) is 1. The minimum atomic E-state index is -4.62. The molecule has 2 heterocycles. The molecule has 0 aliphatic carbocycles. The van der Waals surface area contributed by atoms with Gasteiger partial charge in [0.2, 0.25) is 0 Å². The minimum absolute atomic E-state index is 0.00267. The zero-order valence-corrected chi connectivity index (χ0v) is 14.9. The number of ether oxygens (including phenoxy) is 1.